The predicted molar refractivity (Wildman–Crippen MR) is 89.9 cm³/mol. The summed E-state index contributed by atoms with van der Waals surface area (Å²) >= 11 is 0. The van der Waals surface area contributed by atoms with E-state index in [1.54, 1.807) is 6.07 Å². The van der Waals surface area contributed by atoms with Crippen molar-refractivity contribution in [2.24, 2.45) is 10.2 Å². The van der Waals surface area contributed by atoms with Crippen LogP contribution in [0.25, 0.3) is 0 Å². The maximum Gasteiger partial charge on any atom is 1.00 e. The molecule has 0 aliphatic heterocycles. The molecule has 25 heavy (non-hydrogen) atoms. The van der Waals surface area contributed by atoms with Gasteiger partial charge in [-0.25, -0.2) is 8.42 Å². The van der Waals surface area contributed by atoms with Crippen molar-refractivity contribution in [1.82, 2.24) is 0 Å². The Kier molecular flexibility index (Phi) is 6.98. The first-order valence-electron chi connectivity index (χ1n) is 6.85. The van der Waals surface area contributed by atoms with E-state index in [0.717, 1.165) is 23.3 Å². The number of nitrogen functional groups attached to an aromatic ring is 2. The van der Waals surface area contributed by atoms with E-state index in [4.69, 9.17) is 16.2 Å². The molecule has 0 amide bonds. The summed E-state index contributed by atoms with van der Waals surface area (Å²) in [5, 5.41) is 7.98. The van der Waals surface area contributed by atoms with Gasteiger partial charge in [-0.05, 0) is 49.2 Å². The van der Waals surface area contributed by atoms with Crippen LogP contribution in [0.2, 0.25) is 0 Å². The average molecular weight is 372 g/mol. The Hall–Kier alpha value is -1.65. The molecule has 0 saturated heterocycles. The molecule has 0 heterocycles. The normalized spacial score (nSPS) is 11.4. The number of rotatable bonds is 4. The largest absolute Gasteiger partial charge is 1.00 e. The van der Waals surface area contributed by atoms with E-state index in [2.05, 4.69) is 10.2 Å². The van der Waals surface area contributed by atoms with Crippen molar-refractivity contribution in [3.8, 4) is 5.75 Å². The second-order valence-corrected chi connectivity index (χ2v) is 6.56. The van der Waals surface area contributed by atoms with Gasteiger partial charge in [-0.3, -0.25) is 0 Å². The molecule has 0 spiro atoms. The summed E-state index contributed by atoms with van der Waals surface area (Å²) in [6.07, 6.45) is 0. The van der Waals surface area contributed by atoms with Gasteiger partial charge in [-0.15, -0.1) is 10.2 Å². The van der Waals surface area contributed by atoms with E-state index >= 15 is 0 Å². The van der Waals surface area contributed by atoms with Crippen LogP contribution in [0.15, 0.2) is 39.4 Å². The van der Waals surface area contributed by atoms with Gasteiger partial charge in [0.05, 0.1) is 23.4 Å². The summed E-state index contributed by atoms with van der Waals surface area (Å²) in [6, 6.07) is 5.75. The van der Waals surface area contributed by atoms with Gasteiger partial charge in [0, 0.05) is 0 Å². The van der Waals surface area contributed by atoms with Crippen LogP contribution >= 0.6 is 0 Å². The van der Waals surface area contributed by atoms with E-state index in [0.29, 0.717) is 11.4 Å². The number of hydrogen-bond acceptors (Lipinski definition) is 8. The SMILES string of the molecule is COc1cc(C)c(C)cc1N=Nc1cc(S(=O)(=O)[O-])c(N)cc1N.[Na+]. The number of methoxy groups -OCH3 is 1. The molecule has 2 aromatic carbocycles. The van der Waals surface area contributed by atoms with Crippen LogP contribution in [0, 0.1) is 13.8 Å². The second kappa shape index (κ2) is 8.15. The molecule has 0 aliphatic carbocycles. The fourth-order valence-electron chi connectivity index (χ4n) is 2.03. The molecule has 10 heteroatoms. The van der Waals surface area contributed by atoms with Crippen LogP contribution in [0.3, 0.4) is 0 Å². The zero-order valence-electron chi connectivity index (χ0n) is 14.4. The van der Waals surface area contributed by atoms with Crippen molar-refractivity contribution in [3.05, 3.63) is 35.4 Å². The third-order valence-electron chi connectivity index (χ3n) is 3.49. The molecule has 8 nitrogen and oxygen atoms in total. The summed E-state index contributed by atoms with van der Waals surface area (Å²) in [5.41, 5.74) is 13.6. The summed E-state index contributed by atoms with van der Waals surface area (Å²) in [7, 11) is -3.23. The maximum atomic E-state index is 11.2. The Morgan fingerprint density at radius 3 is 2.08 bits per heavy atom. The number of nitrogens with two attached hydrogens (primary N) is 2. The number of nitrogens with zero attached hydrogens (tertiary/aromatic N) is 2. The third kappa shape index (κ3) is 4.93. The smallest absolute Gasteiger partial charge is 0.744 e. The predicted octanol–water partition coefficient (Wildman–Crippen LogP) is -0.200. The average Bonchev–Trinajstić information content (AvgIpc) is 2.48. The van der Waals surface area contributed by atoms with Crippen molar-refractivity contribution in [2.75, 3.05) is 18.6 Å². The first-order valence-corrected chi connectivity index (χ1v) is 8.26. The summed E-state index contributed by atoms with van der Waals surface area (Å²) in [5.74, 6) is 0.507. The molecule has 128 valence electrons. The monoisotopic (exact) mass is 372 g/mol. The molecular weight excluding hydrogens is 355 g/mol. The number of anilines is 2. The molecule has 4 N–H and O–H groups in total. The van der Waals surface area contributed by atoms with Gasteiger partial charge in [0.1, 0.15) is 27.2 Å². The fourth-order valence-corrected chi connectivity index (χ4v) is 2.63. The van der Waals surface area contributed by atoms with Crippen molar-refractivity contribution in [1.29, 1.82) is 0 Å². The zero-order valence-corrected chi connectivity index (χ0v) is 17.2. The van der Waals surface area contributed by atoms with Crippen LogP contribution < -0.4 is 45.8 Å². The van der Waals surface area contributed by atoms with Crippen LogP contribution in [-0.2, 0) is 10.1 Å². The van der Waals surface area contributed by atoms with E-state index in [9.17, 15) is 13.0 Å². The zero-order chi connectivity index (χ0) is 18.1. The maximum absolute atomic E-state index is 11.2. The first kappa shape index (κ1) is 21.4. The van der Waals surface area contributed by atoms with Gasteiger partial charge in [-0.1, -0.05) is 0 Å². The molecule has 2 rings (SSSR count). The van der Waals surface area contributed by atoms with Crippen molar-refractivity contribution < 1.29 is 47.3 Å². The Balaban J connectivity index is 0.00000312. The quantitative estimate of drug-likeness (QED) is 0.329. The molecule has 0 atom stereocenters. The minimum absolute atomic E-state index is 0. The van der Waals surface area contributed by atoms with Gasteiger partial charge in [0.25, 0.3) is 0 Å². The number of hydrogen-bond donors (Lipinski definition) is 2. The van der Waals surface area contributed by atoms with Gasteiger partial charge in [0.15, 0.2) is 0 Å². The Morgan fingerprint density at radius 2 is 1.52 bits per heavy atom. The van der Waals surface area contributed by atoms with Crippen molar-refractivity contribution >= 4 is 32.9 Å². The molecule has 0 saturated carbocycles. The van der Waals surface area contributed by atoms with Gasteiger partial charge in [0.2, 0.25) is 0 Å². The molecule has 0 bridgehead atoms. The van der Waals surface area contributed by atoms with Gasteiger partial charge < -0.3 is 20.8 Å². The molecule has 0 fully saturated rings. The van der Waals surface area contributed by atoms with Crippen molar-refractivity contribution in [2.45, 2.75) is 18.7 Å². The van der Waals surface area contributed by atoms with Gasteiger partial charge >= 0.3 is 29.6 Å². The summed E-state index contributed by atoms with van der Waals surface area (Å²) < 4.78 is 38.9. The topological polar surface area (TPSA) is 143 Å². The van der Waals surface area contributed by atoms with Crippen LogP contribution in [0.4, 0.5) is 22.7 Å². The fraction of sp³-hybridized carbons (Fsp3) is 0.200. The van der Waals surface area contributed by atoms with Crippen molar-refractivity contribution in [3.63, 3.8) is 0 Å². The molecule has 0 aromatic heterocycles. The second-order valence-electron chi connectivity index (χ2n) is 5.21. The third-order valence-corrected chi connectivity index (χ3v) is 4.38. The van der Waals surface area contributed by atoms with Crippen LogP contribution in [0.5, 0.6) is 5.75 Å². The van der Waals surface area contributed by atoms with E-state index in [-0.39, 0.29) is 46.6 Å². The van der Waals surface area contributed by atoms with E-state index in [1.165, 1.54) is 7.11 Å². The molecule has 0 unspecified atom stereocenters. The van der Waals surface area contributed by atoms with E-state index < -0.39 is 15.0 Å². The molecule has 0 aliphatic rings. The number of ether oxygens (including phenoxy) is 1. The number of benzene rings is 2. The minimum atomic E-state index is -4.74. The number of aryl methyl sites for hydroxylation is 2. The number of azo groups is 1. The Morgan fingerprint density at radius 1 is 0.960 bits per heavy atom. The summed E-state index contributed by atoms with van der Waals surface area (Å²) in [4.78, 5) is -0.585. The molecule has 2 aromatic rings. The van der Waals surface area contributed by atoms with Crippen LogP contribution in [-0.4, -0.2) is 20.1 Å². The minimum Gasteiger partial charge on any atom is -0.744 e. The summed E-state index contributed by atoms with van der Waals surface area (Å²) in [6.45, 7) is 3.84. The first-order chi connectivity index (χ1) is 11.1. The molecule has 0 radical (unpaired) electrons. The Labute approximate surface area is 168 Å². The van der Waals surface area contributed by atoms with E-state index in [1.807, 2.05) is 19.9 Å². The Bertz CT molecular complexity index is 930. The van der Waals surface area contributed by atoms with Crippen LogP contribution in [0.1, 0.15) is 11.1 Å². The molecular formula is C15H17N4NaO4S. The van der Waals surface area contributed by atoms with Gasteiger partial charge in [-0.2, -0.15) is 0 Å². The standard InChI is InChI=1S/C15H18N4O4S.Na/c1-8-4-13(14(23-3)5-9(8)2)19-18-12-7-15(24(20,21)22)11(17)6-10(12)16;/h4-7H,16-17H2,1-3H3,(H,20,21,22);/q;+1/p-1.